The summed E-state index contributed by atoms with van der Waals surface area (Å²) in [6.45, 7) is 4.36. The Balaban J connectivity index is 3.52. The highest BCUT2D eigenvalue weighted by Crippen LogP contribution is 2.15. The Labute approximate surface area is 251 Å². The van der Waals surface area contributed by atoms with Crippen molar-refractivity contribution in [1.29, 1.82) is 0 Å². The molecule has 0 saturated carbocycles. The molecular formula is C36H73NO3. The van der Waals surface area contributed by atoms with E-state index in [2.05, 4.69) is 19.2 Å². The van der Waals surface area contributed by atoms with Crippen molar-refractivity contribution in [2.45, 2.75) is 219 Å². The molecule has 0 unspecified atom stereocenters. The first-order chi connectivity index (χ1) is 19.7. The van der Waals surface area contributed by atoms with Gasteiger partial charge in [0.1, 0.15) is 0 Å². The lowest BCUT2D eigenvalue weighted by molar-refractivity contribution is -0.123. The SMILES string of the molecule is CCCCCCCCCCCCCCCCCC(=O)N[C@@H](CO)[C@H](O)CCCCCCCCCCCCCCC. The lowest BCUT2D eigenvalue weighted by atomic mass is 10.0. The standard InChI is InChI=1S/C36H73NO3/c1-3-5-7-9-11-13-15-17-18-20-22-24-26-28-30-32-36(40)37-34(33-38)35(39)31-29-27-25-23-21-19-16-14-12-10-8-6-4-2/h34-35,38-39H,3-33H2,1-2H3,(H,37,40)/t34-,35+/m0/s1. The maximum Gasteiger partial charge on any atom is 0.220 e. The fourth-order valence-electron chi connectivity index (χ4n) is 5.77. The first-order valence-corrected chi connectivity index (χ1v) is 18.2. The summed E-state index contributed by atoms with van der Waals surface area (Å²) in [4.78, 5) is 12.3. The number of aliphatic hydroxyl groups is 2. The molecule has 0 radical (unpaired) electrons. The minimum atomic E-state index is -0.650. The Morgan fingerprint density at radius 1 is 0.500 bits per heavy atom. The zero-order valence-electron chi connectivity index (χ0n) is 27.4. The third-order valence-electron chi connectivity index (χ3n) is 8.62. The molecular weight excluding hydrogens is 494 g/mol. The van der Waals surface area contributed by atoms with Crippen LogP contribution in [0.4, 0.5) is 0 Å². The van der Waals surface area contributed by atoms with E-state index in [1.807, 2.05) is 0 Å². The van der Waals surface area contributed by atoms with E-state index < -0.39 is 12.1 Å². The van der Waals surface area contributed by atoms with Crippen molar-refractivity contribution in [2.24, 2.45) is 0 Å². The van der Waals surface area contributed by atoms with Gasteiger partial charge in [0.2, 0.25) is 5.91 Å². The van der Waals surface area contributed by atoms with Gasteiger partial charge in [-0.05, 0) is 12.8 Å². The predicted molar refractivity (Wildman–Crippen MR) is 175 cm³/mol. The van der Waals surface area contributed by atoms with Crippen LogP contribution in [0.5, 0.6) is 0 Å². The maximum atomic E-state index is 12.3. The van der Waals surface area contributed by atoms with Crippen LogP contribution < -0.4 is 5.32 Å². The third kappa shape index (κ3) is 28.9. The molecule has 240 valence electrons. The zero-order valence-corrected chi connectivity index (χ0v) is 27.4. The van der Waals surface area contributed by atoms with E-state index in [0.29, 0.717) is 12.8 Å². The van der Waals surface area contributed by atoms with Crippen molar-refractivity contribution >= 4 is 5.91 Å². The van der Waals surface area contributed by atoms with Crippen molar-refractivity contribution in [3.8, 4) is 0 Å². The summed E-state index contributed by atoms with van der Waals surface area (Å²) in [6, 6.07) is -0.527. The molecule has 1 amide bonds. The molecule has 40 heavy (non-hydrogen) atoms. The number of aliphatic hydroxyl groups excluding tert-OH is 2. The van der Waals surface area contributed by atoms with E-state index in [4.69, 9.17) is 0 Å². The van der Waals surface area contributed by atoms with E-state index in [9.17, 15) is 15.0 Å². The van der Waals surface area contributed by atoms with Gasteiger partial charge in [0.15, 0.2) is 0 Å². The number of nitrogens with one attached hydrogen (secondary N) is 1. The van der Waals surface area contributed by atoms with Crippen molar-refractivity contribution < 1.29 is 15.0 Å². The van der Waals surface area contributed by atoms with Crippen LogP contribution in [0.2, 0.25) is 0 Å². The smallest absolute Gasteiger partial charge is 0.220 e. The Bertz CT molecular complexity index is 498. The highest BCUT2D eigenvalue weighted by molar-refractivity contribution is 5.76. The van der Waals surface area contributed by atoms with Crippen molar-refractivity contribution in [1.82, 2.24) is 5.32 Å². The monoisotopic (exact) mass is 568 g/mol. The van der Waals surface area contributed by atoms with Crippen LogP contribution in [0.3, 0.4) is 0 Å². The molecule has 0 spiro atoms. The van der Waals surface area contributed by atoms with Crippen LogP contribution >= 0.6 is 0 Å². The third-order valence-corrected chi connectivity index (χ3v) is 8.62. The lowest BCUT2D eigenvalue weighted by Crippen LogP contribution is -2.45. The van der Waals surface area contributed by atoms with E-state index >= 15 is 0 Å². The average molecular weight is 568 g/mol. The highest BCUT2D eigenvalue weighted by Gasteiger charge is 2.19. The summed E-state index contributed by atoms with van der Waals surface area (Å²) in [5.41, 5.74) is 0. The van der Waals surface area contributed by atoms with Crippen molar-refractivity contribution in [3.05, 3.63) is 0 Å². The van der Waals surface area contributed by atoms with Gasteiger partial charge >= 0.3 is 0 Å². The lowest BCUT2D eigenvalue weighted by Gasteiger charge is -2.22. The van der Waals surface area contributed by atoms with E-state index in [1.165, 1.54) is 154 Å². The number of carbonyl (C=O) groups excluding carboxylic acids is 1. The predicted octanol–water partition coefficient (Wildman–Crippen LogP) is 10.6. The van der Waals surface area contributed by atoms with Gasteiger partial charge in [0.05, 0.1) is 18.8 Å². The molecule has 0 aromatic carbocycles. The van der Waals surface area contributed by atoms with E-state index in [1.54, 1.807) is 0 Å². The van der Waals surface area contributed by atoms with Crippen LogP contribution in [0.25, 0.3) is 0 Å². The second kappa shape index (κ2) is 32.9. The Morgan fingerprint density at radius 2 is 0.800 bits per heavy atom. The summed E-state index contributed by atoms with van der Waals surface area (Å²) in [5.74, 6) is -0.0295. The van der Waals surface area contributed by atoms with Gasteiger partial charge in [-0.15, -0.1) is 0 Å². The largest absolute Gasteiger partial charge is 0.394 e. The second-order valence-electron chi connectivity index (χ2n) is 12.7. The molecule has 3 N–H and O–H groups in total. The van der Waals surface area contributed by atoms with Crippen molar-refractivity contribution in [2.75, 3.05) is 6.61 Å². The van der Waals surface area contributed by atoms with Gasteiger partial charge in [-0.1, -0.05) is 187 Å². The number of hydrogen-bond acceptors (Lipinski definition) is 3. The van der Waals surface area contributed by atoms with Gasteiger partial charge in [-0.2, -0.15) is 0 Å². The number of unbranched alkanes of at least 4 members (excludes halogenated alkanes) is 26. The minimum Gasteiger partial charge on any atom is -0.394 e. The quantitative estimate of drug-likeness (QED) is 0.0691. The van der Waals surface area contributed by atoms with Gasteiger partial charge in [-0.3, -0.25) is 4.79 Å². The molecule has 0 aliphatic rings. The normalized spacial score (nSPS) is 13.0. The van der Waals surface area contributed by atoms with Crippen LogP contribution in [-0.2, 0) is 4.79 Å². The van der Waals surface area contributed by atoms with Crippen LogP contribution in [0.1, 0.15) is 206 Å². The summed E-state index contributed by atoms with van der Waals surface area (Å²) < 4.78 is 0. The molecule has 4 heteroatoms. The maximum absolute atomic E-state index is 12.3. The first-order valence-electron chi connectivity index (χ1n) is 18.2. The molecule has 2 atom stereocenters. The number of amides is 1. The summed E-state index contributed by atoms with van der Waals surface area (Å²) >= 11 is 0. The number of hydrogen-bond donors (Lipinski definition) is 3. The molecule has 0 fully saturated rings. The molecule has 0 heterocycles. The molecule has 0 aliphatic carbocycles. The summed E-state index contributed by atoms with van der Waals surface area (Å²) in [5, 5.41) is 23.0. The van der Waals surface area contributed by atoms with Gasteiger partial charge in [0, 0.05) is 6.42 Å². The summed E-state index contributed by atoms with van der Waals surface area (Å²) in [7, 11) is 0. The first kappa shape index (κ1) is 39.4. The second-order valence-corrected chi connectivity index (χ2v) is 12.7. The van der Waals surface area contributed by atoms with E-state index in [-0.39, 0.29) is 12.5 Å². The van der Waals surface area contributed by atoms with Gasteiger partial charge in [-0.25, -0.2) is 0 Å². The van der Waals surface area contributed by atoms with Crippen molar-refractivity contribution in [3.63, 3.8) is 0 Å². The fraction of sp³-hybridized carbons (Fsp3) is 0.972. The van der Waals surface area contributed by atoms with Gasteiger partial charge in [0.25, 0.3) is 0 Å². The minimum absolute atomic E-state index is 0.0295. The molecule has 0 saturated heterocycles. The number of rotatable bonds is 33. The molecule has 0 aliphatic heterocycles. The number of carbonyl (C=O) groups is 1. The molecule has 4 nitrogen and oxygen atoms in total. The van der Waals surface area contributed by atoms with Crippen LogP contribution in [-0.4, -0.2) is 34.9 Å². The Morgan fingerprint density at radius 3 is 1.12 bits per heavy atom. The van der Waals surface area contributed by atoms with Crippen LogP contribution in [0, 0.1) is 0 Å². The summed E-state index contributed by atoms with van der Waals surface area (Å²) in [6.07, 6.45) is 37.2. The zero-order chi connectivity index (χ0) is 29.4. The molecule has 0 aromatic rings. The molecule has 0 bridgehead atoms. The molecule has 0 rings (SSSR count). The topological polar surface area (TPSA) is 69.6 Å². The molecule has 0 aromatic heterocycles. The van der Waals surface area contributed by atoms with Crippen LogP contribution in [0.15, 0.2) is 0 Å². The Kier molecular flexibility index (Phi) is 32.4. The van der Waals surface area contributed by atoms with E-state index in [0.717, 1.165) is 25.7 Å². The average Bonchev–Trinajstić information content (AvgIpc) is 2.96. The highest BCUT2D eigenvalue weighted by atomic mass is 16.3. The van der Waals surface area contributed by atoms with Gasteiger partial charge < -0.3 is 15.5 Å². The fourth-order valence-corrected chi connectivity index (χ4v) is 5.77. The Hall–Kier alpha value is -0.610.